The van der Waals surface area contributed by atoms with Crippen LogP contribution in [0.25, 0.3) is 0 Å². The van der Waals surface area contributed by atoms with Crippen molar-refractivity contribution >= 4 is 5.91 Å². The first-order chi connectivity index (χ1) is 10.1. The van der Waals surface area contributed by atoms with Crippen LogP contribution >= 0.6 is 0 Å². The first-order valence-corrected chi connectivity index (χ1v) is 7.43. The van der Waals surface area contributed by atoms with Crippen LogP contribution in [0.4, 0.5) is 4.39 Å². The predicted octanol–water partition coefficient (Wildman–Crippen LogP) is 0.963. The Morgan fingerprint density at radius 1 is 1.43 bits per heavy atom. The average Bonchev–Trinajstić information content (AvgIpc) is 2.72. The van der Waals surface area contributed by atoms with Crippen molar-refractivity contribution < 1.29 is 9.18 Å². The number of carbonyl (C=O) groups excluding carboxylic acids is 1. The summed E-state index contributed by atoms with van der Waals surface area (Å²) in [5, 5.41) is 0. The fraction of sp³-hybridized carbons (Fsp3) is 0.600. The van der Waals surface area contributed by atoms with E-state index in [4.69, 9.17) is 5.73 Å². The number of nitrogens with two attached hydrogens (primary N) is 1. The van der Waals surface area contributed by atoms with Crippen LogP contribution < -0.4 is 5.73 Å². The topological polar surface area (TPSA) is 62.5 Å². The van der Waals surface area contributed by atoms with Crippen molar-refractivity contribution in [3.63, 3.8) is 0 Å². The van der Waals surface area contributed by atoms with Gasteiger partial charge in [-0.25, -0.2) is 4.39 Å². The molecule has 0 radical (unpaired) electrons. The normalized spacial score (nSPS) is 18.3. The average molecular weight is 294 g/mol. The zero-order chi connectivity index (χ0) is 15.2. The molecule has 1 amide bonds. The van der Waals surface area contributed by atoms with Gasteiger partial charge in [-0.3, -0.25) is 9.78 Å². The fourth-order valence-corrected chi connectivity index (χ4v) is 2.59. The van der Waals surface area contributed by atoms with E-state index in [9.17, 15) is 9.18 Å². The number of halogens is 1. The number of aromatic nitrogens is 1. The molecule has 2 rings (SSSR count). The summed E-state index contributed by atoms with van der Waals surface area (Å²) < 4.78 is 13.7. The second-order valence-corrected chi connectivity index (χ2v) is 5.64. The molecule has 1 aliphatic heterocycles. The molecule has 5 nitrogen and oxygen atoms in total. The summed E-state index contributed by atoms with van der Waals surface area (Å²) in [5.74, 6) is -0.353. The first kappa shape index (κ1) is 15.9. The highest BCUT2D eigenvalue weighted by Crippen LogP contribution is 2.12. The van der Waals surface area contributed by atoms with Gasteiger partial charge in [0.15, 0.2) is 5.82 Å². The lowest BCUT2D eigenvalue weighted by Gasteiger charge is -2.24. The van der Waals surface area contributed by atoms with Gasteiger partial charge in [0.05, 0.1) is 11.8 Å². The Labute approximate surface area is 124 Å². The van der Waals surface area contributed by atoms with Gasteiger partial charge in [-0.2, -0.15) is 0 Å². The summed E-state index contributed by atoms with van der Waals surface area (Å²) in [6.45, 7) is 6.78. The van der Waals surface area contributed by atoms with Gasteiger partial charge in [-0.05, 0) is 31.5 Å². The van der Waals surface area contributed by atoms with Crippen molar-refractivity contribution in [2.45, 2.75) is 13.3 Å². The summed E-state index contributed by atoms with van der Waals surface area (Å²) in [6.07, 6.45) is 3.43. The second kappa shape index (κ2) is 7.47. The third kappa shape index (κ3) is 4.22. The Morgan fingerprint density at radius 3 is 2.95 bits per heavy atom. The van der Waals surface area contributed by atoms with E-state index in [0.29, 0.717) is 25.6 Å². The summed E-state index contributed by atoms with van der Waals surface area (Å²) in [4.78, 5) is 20.1. The third-order valence-electron chi connectivity index (χ3n) is 3.85. The second-order valence-electron chi connectivity index (χ2n) is 5.64. The summed E-state index contributed by atoms with van der Waals surface area (Å²) in [6, 6.07) is 1.44. The maximum Gasteiger partial charge on any atom is 0.256 e. The Bertz CT molecular complexity index is 482. The molecular formula is C15H23FN4O. The van der Waals surface area contributed by atoms with Gasteiger partial charge in [0.25, 0.3) is 5.91 Å². The van der Waals surface area contributed by atoms with Crippen molar-refractivity contribution in [1.29, 1.82) is 0 Å². The van der Waals surface area contributed by atoms with Gasteiger partial charge >= 0.3 is 0 Å². The number of hydrogen-bond donors (Lipinski definition) is 1. The van der Waals surface area contributed by atoms with Crippen molar-refractivity contribution in [1.82, 2.24) is 14.8 Å². The van der Waals surface area contributed by atoms with Crippen molar-refractivity contribution in [2.75, 3.05) is 39.3 Å². The number of carbonyl (C=O) groups is 1. The third-order valence-corrected chi connectivity index (χ3v) is 3.85. The number of hydrogen-bond acceptors (Lipinski definition) is 4. The minimum absolute atomic E-state index is 0.105. The van der Waals surface area contributed by atoms with Crippen LogP contribution in [0, 0.1) is 11.7 Å². The lowest BCUT2D eigenvalue weighted by Crippen LogP contribution is -2.37. The number of pyridine rings is 1. The largest absolute Gasteiger partial charge is 0.337 e. The molecule has 2 heterocycles. The summed E-state index contributed by atoms with van der Waals surface area (Å²) >= 11 is 0. The summed E-state index contributed by atoms with van der Waals surface area (Å²) in [7, 11) is 0. The Balaban J connectivity index is 1.97. The van der Waals surface area contributed by atoms with Gasteiger partial charge in [0.1, 0.15) is 0 Å². The SMILES string of the molecule is CC(CN)CN1CCCN(C(=O)c2ccncc2F)CC1. The predicted molar refractivity (Wildman–Crippen MR) is 79.4 cm³/mol. The smallest absolute Gasteiger partial charge is 0.256 e. The van der Waals surface area contributed by atoms with Crippen LogP contribution in [0.15, 0.2) is 18.5 Å². The van der Waals surface area contributed by atoms with Crippen LogP contribution in [-0.2, 0) is 0 Å². The van der Waals surface area contributed by atoms with E-state index in [0.717, 1.165) is 32.3 Å². The molecule has 0 aromatic carbocycles. The van der Waals surface area contributed by atoms with Gasteiger partial charge in [0, 0.05) is 32.4 Å². The maximum absolute atomic E-state index is 13.7. The number of amides is 1. The molecule has 0 aliphatic carbocycles. The van der Waals surface area contributed by atoms with Crippen LogP contribution in [0.2, 0.25) is 0 Å². The van der Waals surface area contributed by atoms with Crippen molar-refractivity contribution in [3.8, 4) is 0 Å². The van der Waals surface area contributed by atoms with Gasteiger partial charge in [-0.15, -0.1) is 0 Å². The molecule has 1 saturated heterocycles. The zero-order valence-electron chi connectivity index (χ0n) is 12.5. The molecule has 1 aromatic rings. The zero-order valence-corrected chi connectivity index (χ0v) is 12.5. The number of nitrogens with zero attached hydrogens (tertiary/aromatic N) is 3. The van der Waals surface area contributed by atoms with E-state index in [1.54, 1.807) is 4.90 Å². The van der Waals surface area contributed by atoms with Crippen LogP contribution in [0.1, 0.15) is 23.7 Å². The fourth-order valence-electron chi connectivity index (χ4n) is 2.59. The van der Waals surface area contributed by atoms with Crippen LogP contribution in [0.3, 0.4) is 0 Å². The highest BCUT2D eigenvalue weighted by molar-refractivity contribution is 5.94. The van der Waals surface area contributed by atoms with Crippen molar-refractivity contribution in [2.24, 2.45) is 11.7 Å². The molecule has 116 valence electrons. The lowest BCUT2D eigenvalue weighted by atomic mass is 10.1. The van der Waals surface area contributed by atoms with Gasteiger partial charge < -0.3 is 15.5 Å². The molecule has 6 heteroatoms. The molecule has 1 aliphatic rings. The molecule has 0 bridgehead atoms. The molecule has 0 spiro atoms. The minimum Gasteiger partial charge on any atom is -0.337 e. The molecule has 1 atom stereocenters. The quantitative estimate of drug-likeness (QED) is 0.898. The molecule has 21 heavy (non-hydrogen) atoms. The van der Waals surface area contributed by atoms with E-state index < -0.39 is 5.82 Å². The molecular weight excluding hydrogens is 271 g/mol. The first-order valence-electron chi connectivity index (χ1n) is 7.43. The van der Waals surface area contributed by atoms with Gasteiger partial charge in [0.2, 0.25) is 0 Å². The monoisotopic (exact) mass is 294 g/mol. The highest BCUT2D eigenvalue weighted by Gasteiger charge is 2.22. The lowest BCUT2D eigenvalue weighted by molar-refractivity contribution is 0.0756. The standard InChI is InChI=1S/C15H23FN4O/c1-12(9-17)11-19-5-2-6-20(8-7-19)15(21)13-3-4-18-10-14(13)16/h3-4,10,12H,2,5-9,11,17H2,1H3. The Kier molecular flexibility index (Phi) is 5.64. The number of rotatable bonds is 4. The maximum atomic E-state index is 13.7. The molecule has 0 saturated carbocycles. The van der Waals surface area contributed by atoms with Crippen LogP contribution in [-0.4, -0.2) is 60.0 Å². The van der Waals surface area contributed by atoms with Crippen molar-refractivity contribution in [3.05, 3.63) is 29.8 Å². The van der Waals surface area contributed by atoms with E-state index in [1.165, 1.54) is 12.3 Å². The van der Waals surface area contributed by atoms with E-state index in [2.05, 4.69) is 16.8 Å². The minimum atomic E-state index is -0.555. The van der Waals surface area contributed by atoms with Gasteiger partial charge in [-0.1, -0.05) is 6.92 Å². The highest BCUT2D eigenvalue weighted by atomic mass is 19.1. The Hall–Kier alpha value is -1.53. The molecule has 2 N–H and O–H groups in total. The van der Waals surface area contributed by atoms with Crippen LogP contribution in [0.5, 0.6) is 0 Å². The molecule has 1 aromatic heterocycles. The van der Waals surface area contributed by atoms with E-state index in [1.807, 2.05) is 0 Å². The molecule has 1 fully saturated rings. The molecule has 1 unspecified atom stereocenters. The Morgan fingerprint density at radius 2 is 2.24 bits per heavy atom. The van der Waals surface area contributed by atoms with E-state index >= 15 is 0 Å². The van der Waals surface area contributed by atoms with E-state index in [-0.39, 0.29) is 11.5 Å². The summed E-state index contributed by atoms with van der Waals surface area (Å²) in [5.41, 5.74) is 5.76.